The molecule has 0 fully saturated rings. The molecule has 0 heterocycles. The van der Waals surface area contributed by atoms with Crippen LogP contribution in [0.25, 0.3) is 16.8 Å². The smallest absolute Gasteiger partial charge is 0.0247 e. The average molecular weight is 289 g/mol. The molecule has 0 aliphatic rings. The summed E-state index contributed by atoms with van der Waals surface area (Å²) in [6, 6.07) is 15.0. The van der Waals surface area contributed by atoms with Gasteiger partial charge in [0.1, 0.15) is 0 Å². The SMILES string of the molecule is CC(C)C(=Cc1cccc2ccccc12)CBr. The van der Waals surface area contributed by atoms with Crippen LogP contribution in [0.4, 0.5) is 0 Å². The summed E-state index contributed by atoms with van der Waals surface area (Å²) in [4.78, 5) is 0. The maximum absolute atomic E-state index is 3.57. The zero-order chi connectivity index (χ0) is 12.3. The van der Waals surface area contributed by atoms with Crippen molar-refractivity contribution < 1.29 is 0 Å². The van der Waals surface area contributed by atoms with E-state index in [0.717, 1.165) is 5.33 Å². The van der Waals surface area contributed by atoms with Gasteiger partial charge in [-0.3, -0.25) is 0 Å². The molecule has 2 aromatic carbocycles. The first-order valence-corrected chi connectivity index (χ1v) is 7.08. The van der Waals surface area contributed by atoms with Crippen molar-refractivity contribution in [1.29, 1.82) is 0 Å². The summed E-state index contributed by atoms with van der Waals surface area (Å²) in [6.07, 6.45) is 2.31. The molecule has 2 aromatic rings. The molecule has 0 unspecified atom stereocenters. The Kier molecular flexibility index (Phi) is 4.01. The minimum absolute atomic E-state index is 0.577. The van der Waals surface area contributed by atoms with E-state index in [4.69, 9.17) is 0 Å². The second-order valence-electron chi connectivity index (χ2n) is 4.58. The third kappa shape index (κ3) is 2.78. The topological polar surface area (TPSA) is 0 Å². The molecule has 1 heteroatoms. The lowest BCUT2D eigenvalue weighted by molar-refractivity contribution is 0.781. The van der Waals surface area contributed by atoms with Crippen LogP contribution in [-0.2, 0) is 0 Å². The van der Waals surface area contributed by atoms with E-state index < -0.39 is 0 Å². The van der Waals surface area contributed by atoms with Crippen molar-refractivity contribution in [1.82, 2.24) is 0 Å². The van der Waals surface area contributed by atoms with Crippen molar-refractivity contribution in [2.24, 2.45) is 5.92 Å². The number of rotatable bonds is 3. The number of benzene rings is 2. The fraction of sp³-hybridized carbons (Fsp3) is 0.250. The zero-order valence-corrected chi connectivity index (χ0v) is 11.9. The molecule has 0 aliphatic carbocycles. The van der Waals surface area contributed by atoms with Gasteiger partial charge in [0.2, 0.25) is 0 Å². The highest BCUT2D eigenvalue weighted by Gasteiger charge is 2.03. The van der Waals surface area contributed by atoms with Gasteiger partial charge in [-0.2, -0.15) is 0 Å². The van der Waals surface area contributed by atoms with E-state index in [1.54, 1.807) is 0 Å². The quantitative estimate of drug-likeness (QED) is 0.675. The van der Waals surface area contributed by atoms with Gasteiger partial charge in [0, 0.05) is 5.33 Å². The summed E-state index contributed by atoms with van der Waals surface area (Å²) in [6.45, 7) is 4.47. The van der Waals surface area contributed by atoms with E-state index in [1.165, 1.54) is 21.9 Å². The summed E-state index contributed by atoms with van der Waals surface area (Å²) >= 11 is 3.57. The second kappa shape index (κ2) is 5.50. The predicted molar refractivity (Wildman–Crippen MR) is 80.6 cm³/mol. The van der Waals surface area contributed by atoms with Crippen LogP contribution >= 0.6 is 15.9 Å². The zero-order valence-electron chi connectivity index (χ0n) is 10.3. The molecule has 0 N–H and O–H groups in total. The summed E-state index contributed by atoms with van der Waals surface area (Å²) in [5.41, 5.74) is 2.74. The first-order valence-electron chi connectivity index (χ1n) is 5.96. The Morgan fingerprint density at radius 2 is 1.82 bits per heavy atom. The molecule has 0 amide bonds. The molecule has 0 nitrogen and oxygen atoms in total. The van der Waals surface area contributed by atoms with Crippen molar-refractivity contribution in [2.45, 2.75) is 13.8 Å². The highest BCUT2D eigenvalue weighted by molar-refractivity contribution is 9.09. The van der Waals surface area contributed by atoms with Crippen molar-refractivity contribution in [3.05, 3.63) is 53.6 Å². The first-order chi connectivity index (χ1) is 8.22. The largest absolute Gasteiger partial charge is 0.0880 e. The number of halogens is 1. The van der Waals surface area contributed by atoms with Crippen molar-refractivity contribution >= 4 is 32.8 Å². The third-order valence-electron chi connectivity index (χ3n) is 3.06. The van der Waals surface area contributed by atoms with E-state index >= 15 is 0 Å². The highest BCUT2D eigenvalue weighted by Crippen LogP contribution is 2.23. The molecule has 17 heavy (non-hydrogen) atoms. The van der Waals surface area contributed by atoms with Crippen LogP contribution in [-0.4, -0.2) is 5.33 Å². The highest BCUT2D eigenvalue weighted by atomic mass is 79.9. The third-order valence-corrected chi connectivity index (χ3v) is 3.71. The van der Waals surface area contributed by atoms with Crippen LogP contribution in [0.2, 0.25) is 0 Å². The monoisotopic (exact) mass is 288 g/mol. The molecule has 0 spiro atoms. The second-order valence-corrected chi connectivity index (χ2v) is 5.14. The molecular formula is C16H17Br. The van der Waals surface area contributed by atoms with E-state index in [0.29, 0.717) is 5.92 Å². The van der Waals surface area contributed by atoms with Crippen LogP contribution in [0.3, 0.4) is 0 Å². The van der Waals surface area contributed by atoms with Crippen LogP contribution in [0.1, 0.15) is 19.4 Å². The number of alkyl halides is 1. The van der Waals surface area contributed by atoms with Crippen molar-refractivity contribution in [3.8, 4) is 0 Å². The average Bonchev–Trinajstić information content (AvgIpc) is 2.35. The van der Waals surface area contributed by atoms with Gasteiger partial charge in [-0.05, 0) is 22.3 Å². The minimum atomic E-state index is 0.577. The number of hydrogen-bond donors (Lipinski definition) is 0. The van der Waals surface area contributed by atoms with Crippen LogP contribution in [0.5, 0.6) is 0 Å². The van der Waals surface area contributed by atoms with Crippen LogP contribution < -0.4 is 0 Å². The maximum atomic E-state index is 3.57. The van der Waals surface area contributed by atoms with E-state index in [2.05, 4.69) is 78.3 Å². The van der Waals surface area contributed by atoms with Gasteiger partial charge in [-0.1, -0.05) is 83.9 Å². The van der Waals surface area contributed by atoms with Gasteiger partial charge < -0.3 is 0 Å². The molecule has 88 valence electrons. The van der Waals surface area contributed by atoms with Gasteiger partial charge in [0.05, 0.1) is 0 Å². The van der Waals surface area contributed by atoms with Gasteiger partial charge in [0.25, 0.3) is 0 Å². The minimum Gasteiger partial charge on any atom is -0.0880 e. The molecular weight excluding hydrogens is 272 g/mol. The molecule has 0 aromatic heterocycles. The van der Waals surface area contributed by atoms with Gasteiger partial charge >= 0.3 is 0 Å². The lowest BCUT2D eigenvalue weighted by atomic mass is 9.98. The Balaban J connectivity index is 2.56. The maximum Gasteiger partial charge on any atom is 0.0247 e. The van der Waals surface area contributed by atoms with E-state index in [-0.39, 0.29) is 0 Å². The van der Waals surface area contributed by atoms with E-state index in [1.807, 2.05) is 0 Å². The Bertz CT molecular complexity index is 533. The van der Waals surface area contributed by atoms with Gasteiger partial charge in [-0.15, -0.1) is 0 Å². The predicted octanol–water partition coefficient (Wildman–Crippen LogP) is 5.27. The Morgan fingerprint density at radius 3 is 2.53 bits per heavy atom. The molecule has 2 rings (SSSR count). The lowest BCUT2D eigenvalue weighted by Crippen LogP contribution is -1.95. The number of hydrogen-bond acceptors (Lipinski definition) is 0. The summed E-state index contributed by atoms with van der Waals surface area (Å²) in [5.74, 6) is 0.577. The Labute approximate surface area is 111 Å². The molecule has 0 atom stereocenters. The van der Waals surface area contributed by atoms with Crippen LogP contribution in [0, 0.1) is 5.92 Å². The molecule has 0 aliphatic heterocycles. The van der Waals surface area contributed by atoms with Gasteiger partial charge in [0.15, 0.2) is 0 Å². The fourth-order valence-electron chi connectivity index (χ4n) is 1.94. The molecule has 0 saturated heterocycles. The molecule has 0 saturated carbocycles. The number of fused-ring (bicyclic) bond motifs is 1. The first kappa shape index (κ1) is 12.4. The lowest BCUT2D eigenvalue weighted by Gasteiger charge is -2.09. The van der Waals surface area contributed by atoms with Gasteiger partial charge in [-0.25, -0.2) is 0 Å². The Hall–Kier alpha value is -1.08. The normalized spacial score (nSPS) is 12.4. The Morgan fingerprint density at radius 1 is 1.12 bits per heavy atom. The summed E-state index contributed by atoms with van der Waals surface area (Å²) in [5, 5.41) is 3.57. The standard InChI is InChI=1S/C16H17Br/c1-12(2)15(11-17)10-14-8-5-7-13-6-3-4-9-16(13)14/h3-10,12H,11H2,1-2H3. The number of allylic oxidation sites excluding steroid dienone is 1. The fourth-order valence-corrected chi connectivity index (χ4v) is 2.74. The van der Waals surface area contributed by atoms with E-state index in [9.17, 15) is 0 Å². The van der Waals surface area contributed by atoms with Crippen molar-refractivity contribution in [3.63, 3.8) is 0 Å². The molecule has 0 radical (unpaired) electrons. The van der Waals surface area contributed by atoms with Crippen molar-refractivity contribution in [2.75, 3.05) is 5.33 Å². The molecule has 0 bridgehead atoms. The summed E-state index contributed by atoms with van der Waals surface area (Å²) in [7, 11) is 0. The van der Waals surface area contributed by atoms with Crippen LogP contribution in [0.15, 0.2) is 48.0 Å². The summed E-state index contributed by atoms with van der Waals surface area (Å²) < 4.78 is 0.